The lowest BCUT2D eigenvalue weighted by molar-refractivity contribution is -0.155. The van der Waals surface area contributed by atoms with Crippen LogP contribution in [0.2, 0.25) is 0 Å². The van der Waals surface area contributed by atoms with Crippen LogP contribution in [0.4, 0.5) is 0 Å². The van der Waals surface area contributed by atoms with Crippen molar-refractivity contribution in [1.29, 1.82) is 0 Å². The number of rotatable bonds is 4. The summed E-state index contributed by atoms with van der Waals surface area (Å²) in [6.07, 6.45) is 1.50. The molecule has 4 aliphatic rings. The van der Waals surface area contributed by atoms with E-state index in [0.29, 0.717) is 37.9 Å². The van der Waals surface area contributed by atoms with Gasteiger partial charge in [-0.25, -0.2) is 4.79 Å². The van der Waals surface area contributed by atoms with Gasteiger partial charge in [0.2, 0.25) is 0 Å². The van der Waals surface area contributed by atoms with Crippen molar-refractivity contribution in [1.82, 2.24) is 24.9 Å². The summed E-state index contributed by atoms with van der Waals surface area (Å²) >= 11 is 1.53. The van der Waals surface area contributed by atoms with Gasteiger partial charge in [-0.05, 0) is 61.0 Å². The smallest absolute Gasteiger partial charge is 0.334 e. The van der Waals surface area contributed by atoms with E-state index in [9.17, 15) is 19.2 Å². The number of likely N-dealkylation sites (N-methyl/N-ethyl adjacent to an activating group) is 2. The Morgan fingerprint density at radius 3 is 1.73 bits per heavy atom. The lowest BCUT2D eigenvalue weighted by Crippen LogP contribution is -2.52. The molecule has 4 heterocycles. The Bertz CT molecular complexity index is 724. The number of carboxylic acid groups (broad SMARTS) is 3. The SMILES string of the molecule is C.CC(=O)C1CCN(C)CC1.CN1CCNC(C(=O)O)C1.CN1CCOC(C(=O)O)C1.CN1CCSC(C(=O)O)C1. The van der Waals surface area contributed by atoms with Crippen LogP contribution in [0.15, 0.2) is 0 Å². The van der Waals surface area contributed by atoms with Crippen molar-refractivity contribution in [2.24, 2.45) is 5.92 Å². The Labute approximate surface area is 249 Å². The van der Waals surface area contributed by atoms with E-state index in [2.05, 4.69) is 22.2 Å². The van der Waals surface area contributed by atoms with Gasteiger partial charge in [0, 0.05) is 57.5 Å². The molecule has 4 aliphatic heterocycles. The van der Waals surface area contributed by atoms with Gasteiger partial charge in [-0.15, -0.1) is 11.8 Å². The maximum atomic E-state index is 10.9. The quantitative estimate of drug-likeness (QED) is 0.339. The molecule has 4 N–H and O–H groups in total. The summed E-state index contributed by atoms with van der Waals surface area (Å²) in [6, 6.07) is -0.376. The second-order valence-electron chi connectivity index (χ2n) is 10.7. The van der Waals surface area contributed by atoms with Crippen LogP contribution in [0.3, 0.4) is 0 Å². The summed E-state index contributed by atoms with van der Waals surface area (Å²) in [4.78, 5) is 50.4. The first-order chi connectivity index (χ1) is 18.8. The third-order valence-electron chi connectivity index (χ3n) is 7.06. The van der Waals surface area contributed by atoms with Crippen LogP contribution in [0.1, 0.15) is 27.2 Å². The molecule has 3 unspecified atom stereocenters. The Kier molecular flexibility index (Phi) is 20.0. The number of hydrogen-bond donors (Lipinski definition) is 4. The number of thioether (sulfide) groups is 1. The third kappa shape index (κ3) is 17.0. The van der Waals surface area contributed by atoms with Crippen LogP contribution in [-0.2, 0) is 23.9 Å². The standard InChI is InChI=1S/C8H15NO.C6H12N2O2.C6H11NO3.C6H11NO2S.CH4/c1-7(10)8-3-5-9(2)6-4-8;1-8-3-2-7-5(4-8)6(9)10;2*1-7-2-3-10-5(4-7)6(8)9;/h8H,3-6H2,1-2H3;5,7H,2-4H2,1H3,(H,9,10);2*5H,2-4H2,1H3,(H,8,9);1H4. The number of nitrogens with one attached hydrogen (secondary N) is 1. The fourth-order valence-electron chi connectivity index (χ4n) is 4.33. The molecule has 41 heavy (non-hydrogen) atoms. The van der Waals surface area contributed by atoms with E-state index < -0.39 is 24.0 Å². The first-order valence-electron chi connectivity index (χ1n) is 13.7. The van der Waals surface area contributed by atoms with Gasteiger partial charge in [0.25, 0.3) is 0 Å². The van der Waals surface area contributed by atoms with Crippen molar-refractivity contribution in [2.45, 2.75) is 44.6 Å². The van der Waals surface area contributed by atoms with Crippen LogP contribution in [0.25, 0.3) is 0 Å². The fourth-order valence-corrected chi connectivity index (χ4v) is 5.54. The largest absolute Gasteiger partial charge is 0.480 e. The van der Waals surface area contributed by atoms with Gasteiger partial charge in [-0.2, -0.15) is 0 Å². The van der Waals surface area contributed by atoms with Gasteiger partial charge in [-0.3, -0.25) is 14.4 Å². The number of likely N-dealkylation sites (tertiary alicyclic amines) is 1. The van der Waals surface area contributed by atoms with E-state index in [4.69, 9.17) is 20.1 Å². The van der Waals surface area contributed by atoms with Crippen LogP contribution in [0, 0.1) is 5.92 Å². The number of piperazine rings is 1. The monoisotopic (exact) mass is 607 g/mol. The van der Waals surface area contributed by atoms with Gasteiger partial charge >= 0.3 is 17.9 Å². The average molecular weight is 608 g/mol. The number of piperidine rings is 1. The predicted molar refractivity (Wildman–Crippen MR) is 161 cm³/mol. The number of Topliss-reactive ketones (excluding diaryl/α,β-unsaturated/α-hetero) is 1. The molecular formula is C27H53N5O8S. The minimum absolute atomic E-state index is 0. The summed E-state index contributed by atoms with van der Waals surface area (Å²) in [6.45, 7) is 9.72. The van der Waals surface area contributed by atoms with E-state index >= 15 is 0 Å². The number of hydrogen-bond acceptors (Lipinski definition) is 11. The minimum atomic E-state index is -0.869. The first kappa shape index (κ1) is 39.2. The summed E-state index contributed by atoms with van der Waals surface area (Å²) in [5, 5.41) is 28.4. The minimum Gasteiger partial charge on any atom is -0.480 e. The van der Waals surface area contributed by atoms with E-state index in [1.54, 1.807) is 6.92 Å². The highest BCUT2D eigenvalue weighted by Crippen LogP contribution is 2.17. The zero-order valence-electron chi connectivity index (χ0n) is 24.6. The first-order valence-corrected chi connectivity index (χ1v) is 14.7. The highest BCUT2D eigenvalue weighted by molar-refractivity contribution is 8.00. The van der Waals surface area contributed by atoms with Crippen molar-refractivity contribution in [2.75, 3.05) is 99.5 Å². The van der Waals surface area contributed by atoms with Crippen molar-refractivity contribution >= 4 is 35.5 Å². The third-order valence-corrected chi connectivity index (χ3v) is 8.23. The second-order valence-corrected chi connectivity index (χ2v) is 12.0. The van der Waals surface area contributed by atoms with E-state index in [-0.39, 0.29) is 18.7 Å². The fraction of sp³-hybridized carbons (Fsp3) is 0.852. The summed E-state index contributed by atoms with van der Waals surface area (Å²) in [5.74, 6) is -0.646. The molecule has 0 aromatic rings. The van der Waals surface area contributed by atoms with Crippen molar-refractivity contribution in [3.63, 3.8) is 0 Å². The number of carbonyl (C=O) groups is 4. The molecule has 0 aromatic heterocycles. The van der Waals surface area contributed by atoms with Gasteiger partial charge < -0.3 is 45.0 Å². The van der Waals surface area contributed by atoms with E-state index in [1.165, 1.54) is 11.8 Å². The molecule has 0 saturated carbocycles. The Balaban J connectivity index is 0.000000516. The number of morpholine rings is 1. The second kappa shape index (κ2) is 21.0. The highest BCUT2D eigenvalue weighted by atomic mass is 32.2. The Morgan fingerprint density at radius 1 is 0.756 bits per heavy atom. The molecule has 0 aliphatic carbocycles. The zero-order chi connectivity index (χ0) is 30.2. The van der Waals surface area contributed by atoms with Crippen molar-refractivity contribution in [3.8, 4) is 0 Å². The van der Waals surface area contributed by atoms with Crippen LogP contribution in [0.5, 0.6) is 0 Å². The molecular weight excluding hydrogens is 554 g/mol. The van der Waals surface area contributed by atoms with E-state index in [0.717, 1.165) is 57.9 Å². The maximum Gasteiger partial charge on any atom is 0.334 e. The molecule has 240 valence electrons. The van der Waals surface area contributed by atoms with Gasteiger partial charge in [0.15, 0.2) is 6.10 Å². The molecule has 0 spiro atoms. The summed E-state index contributed by atoms with van der Waals surface area (Å²) in [5.41, 5.74) is 0. The number of aliphatic carboxylic acids is 3. The molecule has 4 saturated heterocycles. The van der Waals surface area contributed by atoms with Crippen LogP contribution in [-0.4, -0.2) is 175 Å². The van der Waals surface area contributed by atoms with Crippen LogP contribution < -0.4 is 5.32 Å². The number of nitrogens with zero attached hydrogens (tertiary/aromatic N) is 4. The molecule has 3 atom stereocenters. The number of carbonyl (C=O) groups excluding carboxylic acids is 1. The molecule has 0 bridgehead atoms. The normalized spacial score (nSPS) is 26.3. The maximum absolute atomic E-state index is 10.9. The van der Waals surface area contributed by atoms with Crippen molar-refractivity contribution in [3.05, 3.63) is 0 Å². The van der Waals surface area contributed by atoms with Crippen molar-refractivity contribution < 1.29 is 39.2 Å². The Hall–Kier alpha value is -1.81. The molecule has 0 amide bonds. The molecule has 14 heteroatoms. The highest BCUT2D eigenvalue weighted by Gasteiger charge is 2.25. The molecule has 0 radical (unpaired) electrons. The van der Waals surface area contributed by atoms with E-state index in [1.807, 2.05) is 30.9 Å². The number of ether oxygens (including phenoxy) is 1. The van der Waals surface area contributed by atoms with Gasteiger partial charge in [0.05, 0.1) is 6.61 Å². The summed E-state index contributed by atoms with van der Waals surface area (Å²) in [7, 11) is 7.88. The lowest BCUT2D eigenvalue weighted by Gasteiger charge is -2.27. The Morgan fingerprint density at radius 2 is 1.34 bits per heavy atom. The number of carboxylic acids is 3. The molecule has 4 rings (SSSR count). The zero-order valence-corrected chi connectivity index (χ0v) is 25.4. The average Bonchev–Trinajstić information content (AvgIpc) is 2.90. The van der Waals surface area contributed by atoms with Crippen LogP contribution >= 0.6 is 11.8 Å². The number of ketones is 1. The van der Waals surface area contributed by atoms with Gasteiger partial charge in [-0.1, -0.05) is 7.43 Å². The lowest BCUT2D eigenvalue weighted by atomic mass is 9.94. The summed E-state index contributed by atoms with van der Waals surface area (Å²) < 4.78 is 4.97. The molecule has 4 fully saturated rings. The van der Waals surface area contributed by atoms with Gasteiger partial charge in [0.1, 0.15) is 17.1 Å². The topological polar surface area (TPSA) is 163 Å². The molecule has 13 nitrogen and oxygen atoms in total. The predicted octanol–water partition coefficient (Wildman–Crippen LogP) is 0.0477. The molecule has 0 aromatic carbocycles.